The molecule has 0 rings (SSSR count). The summed E-state index contributed by atoms with van der Waals surface area (Å²) in [5, 5.41) is 5.63. The molecule has 2 amide bonds. The smallest absolute Gasteiger partial charge is 0.377 e. The lowest BCUT2D eigenvalue weighted by molar-refractivity contribution is 0.123. The van der Waals surface area contributed by atoms with Gasteiger partial charge >= 0.3 is 14.8 Å². The third kappa shape index (κ3) is 8.49. The van der Waals surface area contributed by atoms with Gasteiger partial charge in [0.15, 0.2) is 0 Å². The van der Waals surface area contributed by atoms with E-state index in [-0.39, 0.29) is 6.03 Å². The van der Waals surface area contributed by atoms with Gasteiger partial charge in [-0.05, 0) is 33.5 Å². The van der Waals surface area contributed by atoms with Crippen LogP contribution in [0.1, 0.15) is 12.8 Å². The molecule has 0 radical (unpaired) electrons. The maximum Gasteiger partial charge on any atom is 0.500 e. The van der Waals surface area contributed by atoms with Gasteiger partial charge in [0.05, 0.1) is 0 Å². The molecule has 0 unspecified atom stereocenters. The van der Waals surface area contributed by atoms with E-state index in [0.717, 1.165) is 19.4 Å². The highest BCUT2D eigenvalue weighted by Gasteiger charge is 2.36. The highest BCUT2D eigenvalue weighted by atomic mass is 28.4. The van der Waals surface area contributed by atoms with Crippen molar-refractivity contribution in [1.82, 2.24) is 15.5 Å². The second kappa shape index (κ2) is 11.0. The van der Waals surface area contributed by atoms with Crippen molar-refractivity contribution in [3.63, 3.8) is 0 Å². The molecule has 0 aromatic heterocycles. The van der Waals surface area contributed by atoms with Crippen LogP contribution in [0.5, 0.6) is 0 Å². The molecule has 0 aromatic rings. The maximum atomic E-state index is 11.5. The van der Waals surface area contributed by atoms with Gasteiger partial charge in [0.1, 0.15) is 0 Å². The Morgan fingerprint density at radius 2 is 1.50 bits per heavy atom. The fraction of sp³-hybridized carbons (Fsp3) is 0.917. The molecule has 0 saturated heterocycles. The van der Waals surface area contributed by atoms with Crippen LogP contribution in [0.25, 0.3) is 0 Å². The first-order valence-electron chi connectivity index (χ1n) is 6.81. The molecule has 0 aliphatic carbocycles. The monoisotopic (exact) mass is 307 g/mol. The van der Waals surface area contributed by atoms with Crippen LogP contribution in [0, 0.1) is 0 Å². The summed E-state index contributed by atoms with van der Waals surface area (Å²) in [6, 6.07) is 0.542. The van der Waals surface area contributed by atoms with Crippen LogP contribution in [0.15, 0.2) is 0 Å². The van der Waals surface area contributed by atoms with E-state index >= 15 is 0 Å². The first-order valence-corrected chi connectivity index (χ1v) is 8.74. The van der Waals surface area contributed by atoms with Crippen molar-refractivity contribution < 1.29 is 18.1 Å². The summed E-state index contributed by atoms with van der Waals surface area (Å²) < 4.78 is 15.9. The molecule has 0 spiro atoms. The molecular weight excluding hydrogens is 278 g/mol. The first kappa shape index (κ1) is 19.3. The molecule has 8 heteroatoms. The lowest BCUT2D eigenvalue weighted by atomic mass is 10.4. The zero-order valence-electron chi connectivity index (χ0n) is 13.3. The van der Waals surface area contributed by atoms with Gasteiger partial charge < -0.3 is 28.8 Å². The fourth-order valence-corrected chi connectivity index (χ4v) is 3.44. The molecular formula is C12H29N3O4Si. The Labute approximate surface area is 123 Å². The van der Waals surface area contributed by atoms with E-state index in [4.69, 9.17) is 13.3 Å². The van der Waals surface area contributed by atoms with E-state index in [1.165, 1.54) is 0 Å². The standard InChI is InChI=1S/C12H29N3O4Si/c1-15(2)10-6-8-13-12(16)14-9-7-11-20(17-3,18-4)19-5/h6-11H2,1-5H3,(H2,13,14,16). The van der Waals surface area contributed by atoms with Crippen molar-refractivity contribution >= 4 is 14.8 Å². The first-order chi connectivity index (χ1) is 9.49. The SMILES string of the molecule is CO[Si](CCCNC(=O)NCCCN(C)C)(OC)OC. The van der Waals surface area contributed by atoms with Crippen LogP contribution in [0.2, 0.25) is 6.04 Å². The average Bonchev–Trinajstić information content (AvgIpc) is 2.44. The summed E-state index contributed by atoms with van der Waals surface area (Å²) in [6.45, 7) is 2.21. The second-order valence-corrected chi connectivity index (χ2v) is 7.83. The minimum atomic E-state index is -2.51. The fourth-order valence-electron chi connectivity index (χ4n) is 1.72. The number of hydrogen-bond acceptors (Lipinski definition) is 5. The number of amides is 2. The Bertz CT molecular complexity index is 255. The van der Waals surface area contributed by atoms with Crippen LogP contribution in [0.4, 0.5) is 4.79 Å². The normalized spacial score (nSPS) is 11.7. The van der Waals surface area contributed by atoms with Crippen molar-refractivity contribution in [2.45, 2.75) is 18.9 Å². The Morgan fingerprint density at radius 3 is 1.95 bits per heavy atom. The maximum absolute atomic E-state index is 11.5. The predicted octanol–water partition coefficient (Wildman–Crippen LogP) is 0.506. The quantitative estimate of drug-likeness (QED) is 0.430. The van der Waals surface area contributed by atoms with Crippen LogP contribution in [0.3, 0.4) is 0 Å². The van der Waals surface area contributed by atoms with Gasteiger partial charge in [-0.25, -0.2) is 4.79 Å². The predicted molar refractivity (Wildman–Crippen MR) is 80.8 cm³/mol. The zero-order chi connectivity index (χ0) is 15.4. The highest BCUT2D eigenvalue weighted by Crippen LogP contribution is 2.14. The van der Waals surface area contributed by atoms with Crippen molar-refractivity contribution in [1.29, 1.82) is 0 Å². The topological polar surface area (TPSA) is 72.1 Å². The van der Waals surface area contributed by atoms with Gasteiger partial charge in [0.2, 0.25) is 0 Å². The molecule has 0 aliphatic heterocycles. The van der Waals surface area contributed by atoms with Crippen LogP contribution in [-0.4, -0.2) is 74.8 Å². The third-order valence-electron chi connectivity index (χ3n) is 2.95. The summed E-state index contributed by atoms with van der Waals surface area (Å²) in [4.78, 5) is 13.6. The van der Waals surface area contributed by atoms with Gasteiger partial charge in [0, 0.05) is 40.5 Å². The summed E-state index contributed by atoms with van der Waals surface area (Å²) >= 11 is 0. The lowest BCUT2D eigenvalue weighted by Gasteiger charge is -2.24. The Kier molecular flexibility index (Phi) is 10.7. The molecule has 120 valence electrons. The molecule has 20 heavy (non-hydrogen) atoms. The van der Waals surface area contributed by atoms with E-state index in [1.807, 2.05) is 14.1 Å². The van der Waals surface area contributed by atoms with E-state index in [9.17, 15) is 4.79 Å². The highest BCUT2D eigenvalue weighted by molar-refractivity contribution is 6.60. The number of rotatable bonds is 11. The van der Waals surface area contributed by atoms with Crippen molar-refractivity contribution in [3.05, 3.63) is 0 Å². The minimum absolute atomic E-state index is 0.136. The third-order valence-corrected chi connectivity index (χ3v) is 5.78. The number of carbonyl (C=O) groups is 1. The number of nitrogens with one attached hydrogen (secondary N) is 2. The van der Waals surface area contributed by atoms with Gasteiger partial charge in [-0.3, -0.25) is 0 Å². The summed E-state index contributed by atoms with van der Waals surface area (Å²) in [5.41, 5.74) is 0. The van der Waals surface area contributed by atoms with Gasteiger partial charge in [0.25, 0.3) is 0 Å². The zero-order valence-corrected chi connectivity index (χ0v) is 14.3. The van der Waals surface area contributed by atoms with Gasteiger partial charge in [-0.1, -0.05) is 0 Å². The van der Waals surface area contributed by atoms with E-state index < -0.39 is 8.80 Å². The molecule has 0 aromatic carbocycles. The molecule has 7 nitrogen and oxygen atoms in total. The molecule has 2 N–H and O–H groups in total. The number of nitrogens with zero attached hydrogens (tertiary/aromatic N) is 1. The summed E-state index contributed by atoms with van der Waals surface area (Å²) in [6.07, 6.45) is 1.69. The van der Waals surface area contributed by atoms with E-state index in [0.29, 0.717) is 19.1 Å². The summed E-state index contributed by atoms with van der Waals surface area (Å²) in [5.74, 6) is 0. The van der Waals surface area contributed by atoms with Crippen LogP contribution >= 0.6 is 0 Å². The molecule has 0 bridgehead atoms. The average molecular weight is 307 g/mol. The van der Waals surface area contributed by atoms with Gasteiger partial charge in [-0.15, -0.1) is 0 Å². The minimum Gasteiger partial charge on any atom is -0.377 e. The number of hydrogen-bond donors (Lipinski definition) is 2. The molecule has 0 fully saturated rings. The van der Waals surface area contributed by atoms with Crippen molar-refractivity contribution in [2.24, 2.45) is 0 Å². The van der Waals surface area contributed by atoms with Gasteiger partial charge in [-0.2, -0.15) is 0 Å². The van der Waals surface area contributed by atoms with Crippen molar-refractivity contribution in [3.8, 4) is 0 Å². The summed E-state index contributed by atoms with van der Waals surface area (Å²) in [7, 11) is 6.27. The van der Waals surface area contributed by atoms with Crippen LogP contribution in [-0.2, 0) is 13.3 Å². The molecule has 0 heterocycles. The van der Waals surface area contributed by atoms with Crippen molar-refractivity contribution in [2.75, 3.05) is 55.1 Å². The largest absolute Gasteiger partial charge is 0.500 e. The lowest BCUT2D eigenvalue weighted by Crippen LogP contribution is -2.44. The van der Waals surface area contributed by atoms with E-state index in [1.54, 1.807) is 21.3 Å². The number of carbonyl (C=O) groups excluding carboxylic acids is 1. The molecule has 0 aliphatic rings. The second-order valence-electron chi connectivity index (χ2n) is 4.74. The number of urea groups is 1. The van der Waals surface area contributed by atoms with E-state index in [2.05, 4.69) is 15.5 Å². The van der Waals surface area contributed by atoms with Crippen LogP contribution < -0.4 is 10.6 Å². The molecule has 0 atom stereocenters. The Balaban J connectivity index is 3.66. The Morgan fingerprint density at radius 1 is 1.00 bits per heavy atom. The molecule has 0 saturated carbocycles. The Hall–Kier alpha value is -0.673.